The predicted molar refractivity (Wildman–Crippen MR) is 85.1 cm³/mol. The van der Waals surface area contributed by atoms with E-state index in [-0.39, 0.29) is 22.9 Å². The first kappa shape index (κ1) is 15.8. The van der Waals surface area contributed by atoms with Gasteiger partial charge in [0, 0.05) is 18.6 Å². The van der Waals surface area contributed by atoms with E-state index in [2.05, 4.69) is 25.5 Å². The quantitative estimate of drug-likeness (QED) is 0.871. The van der Waals surface area contributed by atoms with Crippen molar-refractivity contribution in [2.24, 2.45) is 16.7 Å². The van der Waals surface area contributed by atoms with Gasteiger partial charge in [-0.25, -0.2) is 0 Å². The fourth-order valence-corrected chi connectivity index (χ4v) is 6.86. The van der Waals surface area contributed by atoms with Crippen LogP contribution in [0.5, 0.6) is 0 Å². The predicted octanol–water partition coefficient (Wildman–Crippen LogP) is 2.91. The van der Waals surface area contributed by atoms with E-state index in [0.29, 0.717) is 12.5 Å². The molecule has 0 amide bonds. The van der Waals surface area contributed by atoms with Crippen molar-refractivity contribution in [3.8, 4) is 0 Å². The van der Waals surface area contributed by atoms with Gasteiger partial charge in [0.15, 0.2) is 0 Å². The van der Waals surface area contributed by atoms with Gasteiger partial charge in [-0.05, 0) is 55.8 Å². The fourth-order valence-electron chi connectivity index (χ4n) is 5.06. The summed E-state index contributed by atoms with van der Waals surface area (Å²) in [5.41, 5.74) is 0.345. The average molecular weight is 314 g/mol. The van der Waals surface area contributed by atoms with E-state index < -0.39 is 10.2 Å². The molecule has 2 bridgehead atoms. The molecular formula is C16H30N2O2S. The van der Waals surface area contributed by atoms with E-state index in [0.717, 1.165) is 32.1 Å². The molecule has 21 heavy (non-hydrogen) atoms. The Morgan fingerprint density at radius 3 is 2.38 bits per heavy atom. The third-order valence-corrected chi connectivity index (χ3v) is 8.88. The minimum Gasteiger partial charge on any atom is -0.198 e. The van der Waals surface area contributed by atoms with Crippen LogP contribution in [0.25, 0.3) is 0 Å². The summed E-state index contributed by atoms with van der Waals surface area (Å²) in [6.07, 6.45) is 6.52. The van der Waals surface area contributed by atoms with E-state index in [9.17, 15) is 8.42 Å². The third-order valence-electron chi connectivity index (χ3n) is 7.14. The van der Waals surface area contributed by atoms with Gasteiger partial charge < -0.3 is 0 Å². The standard InChI is InChI=1S/C16H30N2O2S/c1-12-7-5-6-10-18(12)21(19,20)17-14-11-13-8-9-16(14,4)15(13,2)3/h12-14,17H,5-11H2,1-4H3. The van der Waals surface area contributed by atoms with Crippen LogP contribution >= 0.6 is 0 Å². The monoisotopic (exact) mass is 314 g/mol. The fraction of sp³-hybridized carbons (Fsp3) is 1.00. The molecule has 1 heterocycles. The number of rotatable bonds is 3. The van der Waals surface area contributed by atoms with Crippen LogP contribution in [-0.2, 0) is 10.2 Å². The van der Waals surface area contributed by atoms with E-state index in [1.807, 2.05) is 6.92 Å². The highest BCUT2D eigenvalue weighted by Gasteiger charge is 2.62. The van der Waals surface area contributed by atoms with Gasteiger partial charge in [-0.1, -0.05) is 27.2 Å². The smallest absolute Gasteiger partial charge is 0.198 e. The molecule has 0 aromatic heterocycles. The molecule has 3 rings (SSSR count). The lowest BCUT2D eigenvalue weighted by molar-refractivity contribution is 0.128. The Bertz CT molecular complexity index is 516. The van der Waals surface area contributed by atoms with Crippen LogP contribution in [0.3, 0.4) is 0 Å². The molecule has 0 radical (unpaired) electrons. The first-order chi connectivity index (χ1) is 9.68. The van der Waals surface area contributed by atoms with Gasteiger partial charge in [-0.15, -0.1) is 0 Å². The van der Waals surface area contributed by atoms with Crippen LogP contribution in [-0.4, -0.2) is 31.4 Å². The zero-order valence-electron chi connectivity index (χ0n) is 13.9. The minimum absolute atomic E-state index is 0.101. The molecule has 122 valence electrons. The third kappa shape index (κ3) is 2.27. The summed E-state index contributed by atoms with van der Waals surface area (Å²) < 4.78 is 30.4. The molecule has 5 heteroatoms. The summed E-state index contributed by atoms with van der Waals surface area (Å²) in [5, 5.41) is 0. The molecule has 4 nitrogen and oxygen atoms in total. The van der Waals surface area contributed by atoms with Crippen molar-refractivity contribution in [2.75, 3.05) is 6.54 Å². The van der Waals surface area contributed by atoms with E-state index >= 15 is 0 Å². The molecule has 0 aromatic carbocycles. The summed E-state index contributed by atoms with van der Waals surface area (Å²) in [5.74, 6) is 0.661. The van der Waals surface area contributed by atoms with Crippen LogP contribution < -0.4 is 4.72 Å². The topological polar surface area (TPSA) is 49.4 Å². The maximum atomic E-state index is 12.8. The van der Waals surface area contributed by atoms with Crippen molar-refractivity contribution in [1.82, 2.24) is 9.03 Å². The summed E-state index contributed by atoms with van der Waals surface area (Å²) in [7, 11) is -3.34. The van der Waals surface area contributed by atoms with Gasteiger partial charge in [0.1, 0.15) is 0 Å². The summed E-state index contributed by atoms with van der Waals surface area (Å²) >= 11 is 0. The van der Waals surface area contributed by atoms with Gasteiger partial charge in [-0.3, -0.25) is 0 Å². The van der Waals surface area contributed by atoms with Gasteiger partial charge in [-0.2, -0.15) is 17.4 Å². The number of piperidine rings is 1. The Labute approximate surface area is 129 Å². The Kier molecular flexibility index (Phi) is 3.70. The van der Waals surface area contributed by atoms with Crippen molar-refractivity contribution >= 4 is 10.2 Å². The molecule has 3 aliphatic rings. The molecule has 0 aromatic rings. The minimum atomic E-state index is -3.34. The summed E-state index contributed by atoms with van der Waals surface area (Å²) in [6, 6.07) is 0.237. The molecular weight excluding hydrogens is 284 g/mol. The van der Waals surface area contributed by atoms with Crippen LogP contribution in [0.15, 0.2) is 0 Å². The Balaban J connectivity index is 1.78. The molecule has 4 atom stereocenters. The highest BCUT2D eigenvalue weighted by Crippen LogP contribution is 2.65. The lowest BCUT2D eigenvalue weighted by Gasteiger charge is -2.41. The zero-order valence-corrected chi connectivity index (χ0v) is 14.7. The zero-order chi connectivity index (χ0) is 15.5. The van der Waals surface area contributed by atoms with E-state index in [4.69, 9.17) is 0 Å². The van der Waals surface area contributed by atoms with Crippen LogP contribution in [0.1, 0.15) is 66.2 Å². The maximum absolute atomic E-state index is 12.8. The summed E-state index contributed by atoms with van der Waals surface area (Å²) in [6.45, 7) is 9.63. The molecule has 2 aliphatic carbocycles. The highest BCUT2D eigenvalue weighted by molar-refractivity contribution is 7.87. The highest BCUT2D eigenvalue weighted by atomic mass is 32.2. The first-order valence-corrected chi connectivity index (χ1v) is 9.91. The Morgan fingerprint density at radius 2 is 1.86 bits per heavy atom. The van der Waals surface area contributed by atoms with Crippen molar-refractivity contribution in [3.63, 3.8) is 0 Å². The largest absolute Gasteiger partial charge is 0.279 e. The molecule has 2 saturated carbocycles. The summed E-state index contributed by atoms with van der Waals surface area (Å²) in [4.78, 5) is 0. The van der Waals surface area contributed by atoms with Crippen molar-refractivity contribution in [1.29, 1.82) is 0 Å². The van der Waals surface area contributed by atoms with Gasteiger partial charge in [0.2, 0.25) is 0 Å². The number of fused-ring (bicyclic) bond motifs is 2. The average Bonchev–Trinajstić information content (AvgIpc) is 2.72. The second-order valence-corrected chi connectivity index (χ2v) is 9.90. The van der Waals surface area contributed by atoms with E-state index in [1.165, 1.54) is 6.42 Å². The van der Waals surface area contributed by atoms with Gasteiger partial charge >= 0.3 is 0 Å². The lowest BCUT2D eigenvalue weighted by Crippen LogP contribution is -2.54. The SMILES string of the molecule is CC1CCCCN1S(=O)(=O)NC1CC2CCC1(C)C2(C)C. The maximum Gasteiger partial charge on any atom is 0.279 e. The van der Waals surface area contributed by atoms with Crippen molar-refractivity contribution in [2.45, 2.75) is 78.3 Å². The second kappa shape index (κ2) is 4.93. The normalized spacial score (nSPS) is 43.3. The van der Waals surface area contributed by atoms with Crippen molar-refractivity contribution in [3.05, 3.63) is 0 Å². The van der Waals surface area contributed by atoms with E-state index in [1.54, 1.807) is 4.31 Å². The molecule has 1 N–H and O–H groups in total. The van der Waals surface area contributed by atoms with Crippen LogP contribution in [0.4, 0.5) is 0 Å². The first-order valence-electron chi connectivity index (χ1n) is 8.47. The number of nitrogens with zero attached hydrogens (tertiary/aromatic N) is 1. The molecule has 0 spiro atoms. The van der Waals surface area contributed by atoms with Crippen molar-refractivity contribution < 1.29 is 8.42 Å². The number of nitrogens with one attached hydrogen (secondary N) is 1. The Hall–Kier alpha value is -0.130. The number of hydrogen-bond donors (Lipinski definition) is 1. The lowest BCUT2D eigenvalue weighted by atomic mass is 9.69. The number of hydrogen-bond acceptors (Lipinski definition) is 2. The van der Waals surface area contributed by atoms with Crippen LogP contribution in [0.2, 0.25) is 0 Å². The van der Waals surface area contributed by atoms with Crippen LogP contribution in [0, 0.1) is 16.7 Å². The van der Waals surface area contributed by atoms with Gasteiger partial charge in [0.25, 0.3) is 10.2 Å². The molecule has 1 saturated heterocycles. The Morgan fingerprint density at radius 1 is 1.14 bits per heavy atom. The molecule has 4 unspecified atom stereocenters. The van der Waals surface area contributed by atoms with Gasteiger partial charge in [0.05, 0.1) is 0 Å². The second-order valence-electron chi connectivity index (χ2n) is 8.24. The molecule has 1 aliphatic heterocycles. The molecule has 3 fully saturated rings.